The van der Waals surface area contributed by atoms with Gasteiger partial charge >= 0.3 is 0 Å². The van der Waals surface area contributed by atoms with E-state index in [1.165, 1.54) is 6.42 Å². The van der Waals surface area contributed by atoms with E-state index in [0.717, 1.165) is 42.6 Å². The first kappa shape index (κ1) is 13.5. The van der Waals surface area contributed by atoms with Crippen LogP contribution in [-0.4, -0.2) is 33.9 Å². The van der Waals surface area contributed by atoms with Gasteiger partial charge in [-0.2, -0.15) is 0 Å². The predicted molar refractivity (Wildman–Crippen MR) is 73.0 cm³/mol. The fourth-order valence-electron chi connectivity index (χ4n) is 2.42. The molecule has 4 nitrogen and oxygen atoms in total. The van der Waals surface area contributed by atoms with E-state index in [2.05, 4.69) is 25.9 Å². The normalized spacial score (nSPS) is 20.6. The van der Waals surface area contributed by atoms with Crippen molar-refractivity contribution < 1.29 is 4.79 Å². The van der Waals surface area contributed by atoms with Gasteiger partial charge in [0.2, 0.25) is 5.91 Å². The molecule has 2 heterocycles. The van der Waals surface area contributed by atoms with Crippen molar-refractivity contribution >= 4 is 21.8 Å². The molecule has 1 amide bonds. The maximum Gasteiger partial charge on any atom is 0.219 e. The van der Waals surface area contributed by atoms with Gasteiger partial charge in [0.25, 0.3) is 0 Å². The van der Waals surface area contributed by atoms with E-state index in [-0.39, 0.29) is 5.91 Å². The summed E-state index contributed by atoms with van der Waals surface area (Å²) in [5.41, 5.74) is 1.04. The van der Waals surface area contributed by atoms with Crippen molar-refractivity contribution in [2.24, 2.45) is 5.92 Å². The predicted octanol–water partition coefficient (Wildman–Crippen LogP) is 2.43. The van der Waals surface area contributed by atoms with Crippen molar-refractivity contribution in [1.29, 1.82) is 0 Å². The summed E-state index contributed by atoms with van der Waals surface area (Å²) in [7, 11) is 0. The van der Waals surface area contributed by atoms with Gasteiger partial charge in [-0.15, -0.1) is 0 Å². The molecule has 0 spiro atoms. The Hall–Kier alpha value is -0.970. The Balaban J connectivity index is 1.90. The highest BCUT2D eigenvalue weighted by Gasteiger charge is 2.19. The maximum absolute atomic E-state index is 11.4. The van der Waals surface area contributed by atoms with Crippen LogP contribution in [0, 0.1) is 5.92 Å². The van der Waals surface area contributed by atoms with E-state index in [9.17, 15) is 4.79 Å². The molecule has 2 rings (SSSR count). The number of hydrogen-bond donors (Lipinski definition) is 0. The summed E-state index contributed by atoms with van der Waals surface area (Å²) in [4.78, 5) is 21.9. The first-order valence-electron chi connectivity index (χ1n) is 6.37. The lowest BCUT2D eigenvalue weighted by molar-refractivity contribution is -0.128. The van der Waals surface area contributed by atoms with Gasteiger partial charge in [-0.1, -0.05) is 0 Å². The number of hydrogen-bond acceptors (Lipinski definition) is 3. The minimum atomic E-state index is 0.194. The summed E-state index contributed by atoms with van der Waals surface area (Å²) in [6, 6.07) is 0. The van der Waals surface area contributed by atoms with Crippen LogP contribution >= 0.6 is 15.9 Å². The van der Waals surface area contributed by atoms with E-state index < -0.39 is 0 Å². The summed E-state index contributed by atoms with van der Waals surface area (Å²) in [6.07, 6.45) is 7.87. The molecule has 0 aromatic carbocycles. The van der Waals surface area contributed by atoms with Gasteiger partial charge in [-0.3, -0.25) is 9.78 Å². The van der Waals surface area contributed by atoms with Crippen molar-refractivity contribution in [3.05, 3.63) is 22.7 Å². The molecular formula is C13H18BrN3O. The molecule has 0 radical (unpaired) electrons. The zero-order valence-corrected chi connectivity index (χ0v) is 12.2. The molecule has 1 saturated heterocycles. The van der Waals surface area contributed by atoms with Crippen LogP contribution in [0.3, 0.4) is 0 Å². The topological polar surface area (TPSA) is 46.1 Å². The Morgan fingerprint density at radius 3 is 2.89 bits per heavy atom. The molecule has 1 fully saturated rings. The minimum Gasteiger partial charge on any atom is -0.343 e. The van der Waals surface area contributed by atoms with Gasteiger partial charge in [0, 0.05) is 26.2 Å². The average Bonchev–Trinajstić information content (AvgIpc) is 2.58. The summed E-state index contributed by atoms with van der Waals surface area (Å²) >= 11 is 3.29. The van der Waals surface area contributed by atoms with Crippen LogP contribution in [0.25, 0.3) is 0 Å². The van der Waals surface area contributed by atoms with Gasteiger partial charge in [0.1, 0.15) is 4.60 Å². The van der Waals surface area contributed by atoms with Crippen LogP contribution in [0.15, 0.2) is 17.0 Å². The SMILES string of the molecule is CC(=O)N1CCC[C@@H](Cc2cnc(Br)cn2)CC1. The van der Waals surface area contributed by atoms with E-state index in [4.69, 9.17) is 0 Å². The molecule has 1 aromatic rings. The quantitative estimate of drug-likeness (QED) is 0.842. The Morgan fingerprint density at radius 1 is 1.39 bits per heavy atom. The van der Waals surface area contributed by atoms with Crippen LogP contribution in [0.2, 0.25) is 0 Å². The molecule has 98 valence electrons. The smallest absolute Gasteiger partial charge is 0.219 e. The van der Waals surface area contributed by atoms with E-state index >= 15 is 0 Å². The van der Waals surface area contributed by atoms with E-state index in [0.29, 0.717) is 5.92 Å². The fraction of sp³-hybridized carbons (Fsp3) is 0.615. The number of halogens is 1. The van der Waals surface area contributed by atoms with Gasteiger partial charge in [0.15, 0.2) is 0 Å². The molecule has 1 aromatic heterocycles. The van der Waals surface area contributed by atoms with Crippen molar-refractivity contribution in [1.82, 2.24) is 14.9 Å². The Morgan fingerprint density at radius 2 is 2.22 bits per heavy atom. The van der Waals surface area contributed by atoms with Crippen LogP contribution in [-0.2, 0) is 11.2 Å². The summed E-state index contributed by atoms with van der Waals surface area (Å²) in [6.45, 7) is 3.43. The fourth-order valence-corrected chi connectivity index (χ4v) is 2.63. The molecule has 0 aliphatic carbocycles. The van der Waals surface area contributed by atoms with Gasteiger partial charge < -0.3 is 4.90 Å². The maximum atomic E-state index is 11.4. The highest BCUT2D eigenvalue weighted by molar-refractivity contribution is 9.10. The van der Waals surface area contributed by atoms with Crippen LogP contribution in [0.5, 0.6) is 0 Å². The first-order valence-corrected chi connectivity index (χ1v) is 7.16. The molecule has 18 heavy (non-hydrogen) atoms. The zero-order chi connectivity index (χ0) is 13.0. The number of aromatic nitrogens is 2. The van der Waals surface area contributed by atoms with Gasteiger partial charge in [-0.25, -0.2) is 4.98 Å². The molecule has 0 saturated carbocycles. The molecular weight excluding hydrogens is 294 g/mol. The number of carbonyl (C=O) groups is 1. The van der Waals surface area contributed by atoms with Crippen LogP contribution in [0.1, 0.15) is 31.9 Å². The van der Waals surface area contributed by atoms with E-state index in [1.54, 1.807) is 13.1 Å². The van der Waals surface area contributed by atoms with Gasteiger partial charge in [-0.05, 0) is 47.5 Å². The highest BCUT2D eigenvalue weighted by Crippen LogP contribution is 2.21. The standard InChI is InChI=1S/C13H18BrN3O/c1-10(18)17-5-2-3-11(4-6-17)7-12-8-16-13(14)9-15-12/h8-9,11H,2-7H2,1H3/t11-/m1/s1. The highest BCUT2D eigenvalue weighted by atomic mass is 79.9. The zero-order valence-electron chi connectivity index (χ0n) is 10.6. The average molecular weight is 312 g/mol. The third-order valence-electron chi connectivity index (χ3n) is 3.46. The third-order valence-corrected chi connectivity index (χ3v) is 3.87. The van der Waals surface area contributed by atoms with E-state index in [1.807, 2.05) is 11.1 Å². The molecule has 1 atom stereocenters. The lowest BCUT2D eigenvalue weighted by Crippen LogP contribution is -2.29. The van der Waals surface area contributed by atoms with Crippen LogP contribution in [0.4, 0.5) is 0 Å². The van der Waals surface area contributed by atoms with Gasteiger partial charge in [0.05, 0.1) is 11.9 Å². The number of rotatable bonds is 2. The van der Waals surface area contributed by atoms with Crippen molar-refractivity contribution in [3.8, 4) is 0 Å². The second kappa shape index (κ2) is 6.27. The second-order valence-corrected chi connectivity index (χ2v) is 5.65. The largest absolute Gasteiger partial charge is 0.343 e. The first-order chi connectivity index (χ1) is 8.65. The van der Waals surface area contributed by atoms with Crippen molar-refractivity contribution in [3.63, 3.8) is 0 Å². The minimum absolute atomic E-state index is 0.194. The summed E-state index contributed by atoms with van der Waals surface area (Å²) in [5.74, 6) is 0.809. The Bertz CT molecular complexity index is 407. The summed E-state index contributed by atoms with van der Waals surface area (Å²) < 4.78 is 0.773. The third kappa shape index (κ3) is 3.77. The number of likely N-dealkylation sites (tertiary alicyclic amines) is 1. The molecule has 0 unspecified atom stereocenters. The number of amides is 1. The second-order valence-electron chi connectivity index (χ2n) is 4.84. The lowest BCUT2D eigenvalue weighted by atomic mass is 9.95. The number of carbonyl (C=O) groups excluding carboxylic acids is 1. The molecule has 0 bridgehead atoms. The Labute approximate surface area is 116 Å². The monoisotopic (exact) mass is 311 g/mol. The molecule has 1 aliphatic heterocycles. The Kier molecular flexibility index (Phi) is 4.69. The van der Waals surface area contributed by atoms with Crippen molar-refractivity contribution in [2.45, 2.75) is 32.6 Å². The molecule has 1 aliphatic rings. The lowest BCUT2D eigenvalue weighted by Gasteiger charge is -2.18. The number of nitrogens with zero attached hydrogens (tertiary/aromatic N) is 3. The van der Waals surface area contributed by atoms with Crippen LogP contribution < -0.4 is 0 Å². The molecule has 0 N–H and O–H groups in total. The molecule has 5 heteroatoms. The summed E-state index contributed by atoms with van der Waals surface area (Å²) in [5, 5.41) is 0. The van der Waals surface area contributed by atoms with Crippen molar-refractivity contribution in [2.75, 3.05) is 13.1 Å².